The third kappa shape index (κ3) is 39.1. The molecule has 0 saturated carbocycles. The zero-order valence-corrected chi connectivity index (χ0v) is 35.9. The minimum Gasteiger partial charge on any atom is -0.394 e. The molecule has 0 aromatic rings. The number of allylic oxidation sites excluding steroid dienone is 2. The summed E-state index contributed by atoms with van der Waals surface area (Å²) in [7, 11) is 0. The molecule has 5 nitrogen and oxygen atoms in total. The Morgan fingerprint density at radius 1 is 0.434 bits per heavy atom. The van der Waals surface area contributed by atoms with Crippen LogP contribution in [0.25, 0.3) is 0 Å². The largest absolute Gasteiger partial charge is 0.394 e. The number of nitrogens with one attached hydrogen (secondary N) is 1. The Hall–Kier alpha value is -0.910. The van der Waals surface area contributed by atoms with Gasteiger partial charge in [-0.3, -0.25) is 4.79 Å². The van der Waals surface area contributed by atoms with E-state index in [2.05, 4.69) is 31.3 Å². The lowest BCUT2D eigenvalue weighted by Crippen LogP contribution is -2.49. The molecule has 0 radical (unpaired) electrons. The van der Waals surface area contributed by atoms with Crippen LogP contribution in [0.15, 0.2) is 12.2 Å². The molecule has 0 fully saturated rings. The fraction of sp³-hybridized carbons (Fsp3) is 0.938. The standard InChI is InChI=1S/C48H95NO4/c1-3-5-7-9-11-13-15-17-19-21-22-23-24-25-26-27-29-30-32-34-36-38-40-42-46(51)45(44-50)49-48(53)47(52)43-41-39-37-35-33-31-28-20-18-16-14-12-10-8-6-4-2/h18,20,45-47,50-52H,3-17,19,21-44H2,1-2H3,(H,49,53)/b20-18-. The molecule has 3 atom stereocenters. The molecule has 0 aromatic carbocycles. The molecule has 4 N–H and O–H groups in total. The molecule has 3 unspecified atom stereocenters. The average molecular weight is 750 g/mol. The van der Waals surface area contributed by atoms with Crippen molar-refractivity contribution in [3.63, 3.8) is 0 Å². The number of carbonyl (C=O) groups excluding carboxylic acids is 1. The van der Waals surface area contributed by atoms with Crippen molar-refractivity contribution in [2.75, 3.05) is 6.61 Å². The molecule has 1 amide bonds. The van der Waals surface area contributed by atoms with E-state index in [9.17, 15) is 20.1 Å². The van der Waals surface area contributed by atoms with Crippen LogP contribution in [0.5, 0.6) is 0 Å². The van der Waals surface area contributed by atoms with Gasteiger partial charge in [-0.05, 0) is 38.5 Å². The van der Waals surface area contributed by atoms with Crippen LogP contribution in [0, 0.1) is 0 Å². The van der Waals surface area contributed by atoms with Gasteiger partial charge in [0.1, 0.15) is 6.10 Å². The molecule has 316 valence electrons. The highest BCUT2D eigenvalue weighted by Crippen LogP contribution is 2.17. The summed E-state index contributed by atoms with van der Waals surface area (Å²) < 4.78 is 0. The highest BCUT2D eigenvalue weighted by molar-refractivity contribution is 5.80. The van der Waals surface area contributed by atoms with Gasteiger partial charge in [-0.25, -0.2) is 0 Å². The highest BCUT2D eigenvalue weighted by atomic mass is 16.3. The Labute approximate surface area is 331 Å². The molecule has 0 spiro atoms. The van der Waals surface area contributed by atoms with Gasteiger partial charge in [0.25, 0.3) is 0 Å². The molecule has 53 heavy (non-hydrogen) atoms. The summed E-state index contributed by atoms with van der Waals surface area (Å²) in [5, 5.41) is 33.4. The first-order chi connectivity index (χ1) is 26.1. The van der Waals surface area contributed by atoms with Gasteiger partial charge in [0, 0.05) is 0 Å². The Kier molecular flexibility index (Phi) is 43.1. The number of aliphatic hydroxyl groups excluding tert-OH is 3. The van der Waals surface area contributed by atoms with Gasteiger partial charge in [0.05, 0.1) is 18.8 Å². The van der Waals surface area contributed by atoms with Crippen molar-refractivity contribution in [1.82, 2.24) is 5.32 Å². The van der Waals surface area contributed by atoms with Gasteiger partial charge in [-0.2, -0.15) is 0 Å². The van der Waals surface area contributed by atoms with E-state index in [1.54, 1.807) is 0 Å². The summed E-state index contributed by atoms with van der Waals surface area (Å²) in [5.74, 6) is -0.472. The summed E-state index contributed by atoms with van der Waals surface area (Å²) in [5.41, 5.74) is 0. The second-order valence-electron chi connectivity index (χ2n) is 16.7. The number of carbonyl (C=O) groups is 1. The normalized spacial score (nSPS) is 13.5. The Morgan fingerprint density at radius 2 is 0.717 bits per heavy atom. The van der Waals surface area contributed by atoms with E-state index in [0.717, 1.165) is 32.1 Å². The lowest BCUT2D eigenvalue weighted by Gasteiger charge is -2.23. The van der Waals surface area contributed by atoms with Crippen LogP contribution in [0.1, 0.15) is 264 Å². The third-order valence-electron chi connectivity index (χ3n) is 11.4. The van der Waals surface area contributed by atoms with Gasteiger partial charge in [-0.15, -0.1) is 0 Å². The van der Waals surface area contributed by atoms with E-state index >= 15 is 0 Å². The monoisotopic (exact) mass is 750 g/mol. The van der Waals surface area contributed by atoms with Crippen molar-refractivity contribution in [3.8, 4) is 0 Å². The lowest BCUT2D eigenvalue weighted by molar-refractivity contribution is -0.131. The summed E-state index contributed by atoms with van der Waals surface area (Å²) in [6.45, 7) is 4.24. The zero-order valence-electron chi connectivity index (χ0n) is 35.9. The number of rotatable bonds is 44. The molecular formula is C48H95NO4. The second-order valence-corrected chi connectivity index (χ2v) is 16.7. The number of unbranched alkanes of at least 4 members (excludes halogenated alkanes) is 34. The van der Waals surface area contributed by atoms with Crippen molar-refractivity contribution in [1.29, 1.82) is 0 Å². The number of amides is 1. The van der Waals surface area contributed by atoms with Crippen LogP contribution in [0.4, 0.5) is 0 Å². The molecule has 0 aliphatic carbocycles. The first kappa shape index (κ1) is 52.1. The zero-order chi connectivity index (χ0) is 38.7. The molecular weight excluding hydrogens is 655 g/mol. The van der Waals surface area contributed by atoms with Gasteiger partial charge >= 0.3 is 0 Å². The molecule has 0 aromatic heterocycles. The maximum Gasteiger partial charge on any atom is 0.249 e. The maximum absolute atomic E-state index is 12.5. The van der Waals surface area contributed by atoms with Crippen LogP contribution in [0.3, 0.4) is 0 Å². The van der Waals surface area contributed by atoms with E-state index in [-0.39, 0.29) is 6.61 Å². The first-order valence-corrected chi connectivity index (χ1v) is 24.0. The predicted octanol–water partition coefficient (Wildman–Crippen LogP) is 14.0. The fourth-order valence-electron chi connectivity index (χ4n) is 7.60. The summed E-state index contributed by atoms with van der Waals surface area (Å²) >= 11 is 0. The molecule has 0 heterocycles. The number of hydrogen-bond acceptors (Lipinski definition) is 4. The topological polar surface area (TPSA) is 89.8 Å². The number of aliphatic hydroxyl groups is 3. The first-order valence-electron chi connectivity index (χ1n) is 24.0. The fourth-order valence-corrected chi connectivity index (χ4v) is 7.60. The van der Waals surface area contributed by atoms with Crippen LogP contribution in [-0.4, -0.2) is 46.1 Å². The highest BCUT2D eigenvalue weighted by Gasteiger charge is 2.23. The smallest absolute Gasteiger partial charge is 0.249 e. The molecule has 0 bridgehead atoms. The summed E-state index contributed by atoms with van der Waals surface area (Å²) in [6, 6.07) is -0.711. The minimum atomic E-state index is -1.08. The third-order valence-corrected chi connectivity index (χ3v) is 11.4. The van der Waals surface area contributed by atoms with Crippen LogP contribution in [0.2, 0.25) is 0 Å². The Morgan fingerprint density at radius 3 is 1.04 bits per heavy atom. The molecule has 0 saturated heterocycles. The van der Waals surface area contributed by atoms with Crippen LogP contribution in [-0.2, 0) is 4.79 Å². The summed E-state index contributed by atoms with van der Waals surface area (Å²) in [6.07, 6.45) is 52.2. The Bertz CT molecular complexity index is 743. The van der Waals surface area contributed by atoms with Gasteiger partial charge in [0.2, 0.25) is 5.91 Å². The SMILES string of the molecule is CCCCCCCC/C=C\CCCCCCCCC(O)C(=O)NC(CO)C(O)CCCCCCCCCCCCCCCCCCCCCCCCC. The molecule has 5 heteroatoms. The van der Waals surface area contributed by atoms with E-state index in [1.165, 1.54) is 205 Å². The van der Waals surface area contributed by atoms with Crippen molar-refractivity contribution < 1.29 is 20.1 Å². The number of hydrogen-bond donors (Lipinski definition) is 4. The van der Waals surface area contributed by atoms with E-state index < -0.39 is 24.2 Å². The maximum atomic E-state index is 12.5. The van der Waals surface area contributed by atoms with Crippen molar-refractivity contribution in [2.45, 2.75) is 283 Å². The summed E-state index contributed by atoms with van der Waals surface area (Å²) in [4.78, 5) is 12.5. The van der Waals surface area contributed by atoms with Gasteiger partial charge in [-0.1, -0.05) is 238 Å². The second kappa shape index (κ2) is 43.8. The average Bonchev–Trinajstić information content (AvgIpc) is 3.16. The van der Waals surface area contributed by atoms with E-state index in [4.69, 9.17) is 0 Å². The van der Waals surface area contributed by atoms with E-state index in [1.807, 2.05) is 0 Å². The van der Waals surface area contributed by atoms with Crippen molar-refractivity contribution in [3.05, 3.63) is 12.2 Å². The van der Waals surface area contributed by atoms with Gasteiger partial charge in [0.15, 0.2) is 0 Å². The van der Waals surface area contributed by atoms with Crippen LogP contribution >= 0.6 is 0 Å². The quantitative estimate of drug-likeness (QED) is 0.0369. The molecule has 0 aliphatic heterocycles. The molecule has 0 aliphatic rings. The van der Waals surface area contributed by atoms with Crippen LogP contribution < -0.4 is 5.32 Å². The van der Waals surface area contributed by atoms with Gasteiger partial charge < -0.3 is 20.6 Å². The van der Waals surface area contributed by atoms with Crippen molar-refractivity contribution >= 4 is 5.91 Å². The lowest BCUT2D eigenvalue weighted by atomic mass is 10.0. The molecule has 0 rings (SSSR count). The van der Waals surface area contributed by atoms with Crippen molar-refractivity contribution in [2.24, 2.45) is 0 Å². The predicted molar refractivity (Wildman–Crippen MR) is 232 cm³/mol. The van der Waals surface area contributed by atoms with E-state index in [0.29, 0.717) is 12.8 Å². The minimum absolute atomic E-state index is 0.312. The Balaban J connectivity index is 3.56.